The Bertz CT molecular complexity index is 1410. The Labute approximate surface area is 208 Å². The second-order valence-corrected chi connectivity index (χ2v) is 8.22. The van der Waals surface area contributed by atoms with Gasteiger partial charge in [-0.2, -0.15) is 0 Å². The molecule has 0 spiro atoms. The van der Waals surface area contributed by atoms with Crippen LogP contribution in [0.3, 0.4) is 0 Å². The number of para-hydroxylation sites is 1. The van der Waals surface area contributed by atoms with Crippen LogP contribution in [-0.4, -0.2) is 35.1 Å². The Balaban J connectivity index is 1.42. The number of amides is 1. The molecular formula is C23H18N4O6S2. The summed E-state index contributed by atoms with van der Waals surface area (Å²) in [6.07, 6.45) is 0. The lowest BCUT2D eigenvalue weighted by Crippen LogP contribution is -2.33. The van der Waals surface area contributed by atoms with E-state index in [-0.39, 0.29) is 27.9 Å². The molecule has 0 saturated carbocycles. The Kier molecular flexibility index (Phi) is 7.03. The SMILES string of the molecule is COc1ccc(-c2csc(NC(=S)NC(=O)c3ccc(-c4ccccc4[N+](=O)[O-])o3)n2)cc1OC. The van der Waals surface area contributed by atoms with Gasteiger partial charge in [0, 0.05) is 17.0 Å². The molecule has 2 heterocycles. The summed E-state index contributed by atoms with van der Waals surface area (Å²) in [5, 5.41) is 19.0. The zero-order valence-corrected chi connectivity index (χ0v) is 20.1. The van der Waals surface area contributed by atoms with Crippen LogP contribution in [0, 0.1) is 10.1 Å². The minimum absolute atomic E-state index is 0.0202. The lowest BCUT2D eigenvalue weighted by atomic mass is 10.1. The van der Waals surface area contributed by atoms with E-state index in [4.69, 9.17) is 26.1 Å². The normalized spacial score (nSPS) is 10.5. The number of benzene rings is 2. The monoisotopic (exact) mass is 510 g/mol. The molecule has 0 radical (unpaired) electrons. The highest BCUT2D eigenvalue weighted by molar-refractivity contribution is 7.80. The number of nitro groups is 1. The minimum Gasteiger partial charge on any atom is -0.493 e. The molecule has 2 aromatic heterocycles. The summed E-state index contributed by atoms with van der Waals surface area (Å²) in [6.45, 7) is 0. The van der Waals surface area contributed by atoms with Crippen molar-refractivity contribution in [2.24, 2.45) is 0 Å². The second-order valence-electron chi connectivity index (χ2n) is 6.95. The van der Waals surface area contributed by atoms with Gasteiger partial charge in [-0.3, -0.25) is 20.2 Å². The third-order valence-corrected chi connectivity index (χ3v) is 5.79. The van der Waals surface area contributed by atoms with E-state index in [2.05, 4.69) is 15.6 Å². The number of ether oxygens (including phenoxy) is 2. The Morgan fingerprint density at radius 1 is 1.11 bits per heavy atom. The molecule has 12 heteroatoms. The first kappa shape index (κ1) is 23.9. The van der Waals surface area contributed by atoms with Crippen molar-refractivity contribution in [1.29, 1.82) is 0 Å². The van der Waals surface area contributed by atoms with Gasteiger partial charge in [0.1, 0.15) is 5.76 Å². The average molecular weight is 511 g/mol. The molecule has 178 valence electrons. The Morgan fingerprint density at radius 3 is 2.63 bits per heavy atom. The number of thiazole rings is 1. The molecule has 0 aliphatic heterocycles. The number of carbonyl (C=O) groups excluding carboxylic acids is 1. The van der Waals surface area contributed by atoms with Gasteiger partial charge < -0.3 is 19.2 Å². The van der Waals surface area contributed by atoms with E-state index < -0.39 is 10.8 Å². The van der Waals surface area contributed by atoms with Crippen LogP contribution in [0.5, 0.6) is 11.5 Å². The number of hydrogen-bond donors (Lipinski definition) is 2. The summed E-state index contributed by atoms with van der Waals surface area (Å²) >= 11 is 6.53. The lowest BCUT2D eigenvalue weighted by molar-refractivity contribution is -0.384. The number of nitro benzene ring substituents is 1. The summed E-state index contributed by atoms with van der Waals surface area (Å²) in [7, 11) is 3.12. The highest BCUT2D eigenvalue weighted by Gasteiger charge is 2.20. The number of carbonyl (C=O) groups is 1. The number of anilines is 1. The Morgan fingerprint density at radius 2 is 1.89 bits per heavy atom. The molecule has 2 N–H and O–H groups in total. The van der Waals surface area contributed by atoms with E-state index in [1.165, 1.54) is 29.5 Å². The molecule has 4 rings (SSSR count). The molecule has 1 amide bonds. The molecule has 0 atom stereocenters. The number of thiocarbonyl (C=S) groups is 1. The maximum atomic E-state index is 12.6. The molecule has 35 heavy (non-hydrogen) atoms. The topological polar surface area (TPSA) is 129 Å². The summed E-state index contributed by atoms with van der Waals surface area (Å²) in [5.74, 6) is 0.725. The van der Waals surface area contributed by atoms with Gasteiger partial charge in [-0.1, -0.05) is 12.1 Å². The maximum absolute atomic E-state index is 12.6. The van der Waals surface area contributed by atoms with Crippen LogP contribution >= 0.6 is 23.6 Å². The highest BCUT2D eigenvalue weighted by atomic mass is 32.1. The van der Waals surface area contributed by atoms with Crippen molar-refractivity contribution in [1.82, 2.24) is 10.3 Å². The van der Waals surface area contributed by atoms with Crippen LogP contribution < -0.4 is 20.1 Å². The number of rotatable bonds is 7. The molecular weight excluding hydrogens is 492 g/mol. The smallest absolute Gasteiger partial charge is 0.293 e. The standard InChI is InChI=1S/C23H18N4O6S2/c1-31-18-8-7-13(11-20(18)32-2)15-12-35-23(24-15)26-22(34)25-21(28)19-10-9-17(33-19)14-5-3-4-6-16(14)27(29)30/h3-12H,1-2H3,(H2,24,25,26,28,34). The minimum atomic E-state index is -0.607. The van der Waals surface area contributed by atoms with E-state index in [9.17, 15) is 14.9 Å². The highest BCUT2D eigenvalue weighted by Crippen LogP contribution is 2.34. The summed E-state index contributed by atoms with van der Waals surface area (Å²) in [5.41, 5.74) is 1.65. The van der Waals surface area contributed by atoms with Crippen molar-refractivity contribution >= 4 is 45.4 Å². The van der Waals surface area contributed by atoms with Crippen molar-refractivity contribution in [2.45, 2.75) is 0 Å². The van der Waals surface area contributed by atoms with E-state index in [0.29, 0.717) is 22.3 Å². The van der Waals surface area contributed by atoms with Gasteiger partial charge in [-0.15, -0.1) is 11.3 Å². The van der Waals surface area contributed by atoms with Gasteiger partial charge in [0.2, 0.25) is 0 Å². The molecule has 4 aromatic rings. The van der Waals surface area contributed by atoms with Crippen LogP contribution in [0.15, 0.2) is 64.4 Å². The summed E-state index contributed by atoms with van der Waals surface area (Å²) in [4.78, 5) is 27.8. The van der Waals surface area contributed by atoms with Crippen molar-refractivity contribution in [3.05, 3.63) is 75.9 Å². The van der Waals surface area contributed by atoms with E-state index >= 15 is 0 Å². The number of hydrogen-bond acceptors (Lipinski definition) is 9. The van der Waals surface area contributed by atoms with Crippen LogP contribution in [0.25, 0.3) is 22.6 Å². The van der Waals surface area contributed by atoms with Crippen LogP contribution in [0.1, 0.15) is 10.6 Å². The van der Waals surface area contributed by atoms with Gasteiger partial charge in [-0.05, 0) is 48.6 Å². The fraction of sp³-hybridized carbons (Fsp3) is 0.0870. The van der Waals surface area contributed by atoms with Gasteiger partial charge >= 0.3 is 0 Å². The van der Waals surface area contributed by atoms with Gasteiger partial charge in [0.05, 0.1) is 30.4 Å². The molecule has 0 aliphatic rings. The lowest BCUT2D eigenvalue weighted by Gasteiger charge is -2.08. The van der Waals surface area contributed by atoms with Crippen LogP contribution in [0.2, 0.25) is 0 Å². The fourth-order valence-electron chi connectivity index (χ4n) is 3.20. The largest absolute Gasteiger partial charge is 0.493 e. The van der Waals surface area contributed by atoms with Gasteiger partial charge in [-0.25, -0.2) is 4.98 Å². The zero-order valence-electron chi connectivity index (χ0n) is 18.4. The third-order valence-electron chi connectivity index (χ3n) is 4.83. The molecule has 0 saturated heterocycles. The number of nitrogens with zero attached hydrogens (tertiary/aromatic N) is 2. The van der Waals surface area contributed by atoms with Crippen molar-refractivity contribution in [3.8, 4) is 34.1 Å². The number of methoxy groups -OCH3 is 2. The molecule has 0 aliphatic carbocycles. The summed E-state index contributed by atoms with van der Waals surface area (Å²) in [6, 6.07) is 14.5. The zero-order chi connectivity index (χ0) is 24.9. The number of nitrogens with one attached hydrogen (secondary N) is 2. The molecule has 0 unspecified atom stereocenters. The first-order valence-corrected chi connectivity index (χ1v) is 11.3. The fourth-order valence-corrected chi connectivity index (χ4v) is 4.18. The molecule has 10 nitrogen and oxygen atoms in total. The third kappa shape index (κ3) is 5.28. The van der Waals surface area contributed by atoms with E-state index in [1.807, 2.05) is 17.5 Å². The molecule has 2 aromatic carbocycles. The van der Waals surface area contributed by atoms with Crippen molar-refractivity contribution in [2.75, 3.05) is 19.5 Å². The predicted octanol–water partition coefficient (Wildman–Crippen LogP) is 5.12. The predicted molar refractivity (Wildman–Crippen MR) is 135 cm³/mol. The van der Waals surface area contributed by atoms with Crippen molar-refractivity contribution in [3.63, 3.8) is 0 Å². The summed E-state index contributed by atoms with van der Waals surface area (Å²) < 4.78 is 16.1. The van der Waals surface area contributed by atoms with Crippen molar-refractivity contribution < 1.29 is 23.6 Å². The second kappa shape index (κ2) is 10.3. The number of aromatic nitrogens is 1. The maximum Gasteiger partial charge on any atom is 0.293 e. The van der Waals surface area contributed by atoms with Gasteiger partial charge in [0.15, 0.2) is 27.5 Å². The number of furan rings is 1. The van der Waals surface area contributed by atoms with Crippen LogP contribution in [0.4, 0.5) is 10.8 Å². The van der Waals surface area contributed by atoms with E-state index in [0.717, 1.165) is 5.56 Å². The van der Waals surface area contributed by atoms with E-state index in [1.54, 1.807) is 38.5 Å². The van der Waals surface area contributed by atoms with Gasteiger partial charge in [0.25, 0.3) is 11.6 Å². The molecule has 0 fully saturated rings. The molecule has 0 bridgehead atoms. The Hall–Kier alpha value is -4.29. The first-order valence-electron chi connectivity index (χ1n) is 10.0. The van der Waals surface area contributed by atoms with Crippen LogP contribution in [-0.2, 0) is 0 Å². The average Bonchev–Trinajstić information content (AvgIpc) is 3.53. The first-order chi connectivity index (χ1) is 16.9. The quantitative estimate of drug-likeness (QED) is 0.198.